The van der Waals surface area contributed by atoms with E-state index in [-0.39, 0.29) is 17.7 Å². The maximum atomic E-state index is 14.3. The van der Waals surface area contributed by atoms with Gasteiger partial charge in [0, 0.05) is 19.4 Å². The zero-order valence-electron chi connectivity index (χ0n) is 30.4. The summed E-state index contributed by atoms with van der Waals surface area (Å²) >= 11 is 0. The molecule has 0 saturated heterocycles. The number of carboxylic acids is 1. The highest BCUT2D eigenvalue weighted by Crippen LogP contribution is 2.37. The lowest BCUT2D eigenvalue weighted by Gasteiger charge is -2.37. The van der Waals surface area contributed by atoms with Crippen molar-refractivity contribution in [2.45, 2.75) is 83.2 Å². The number of methoxy groups -OCH3 is 1. The van der Waals surface area contributed by atoms with Crippen LogP contribution in [-0.4, -0.2) is 47.5 Å². The van der Waals surface area contributed by atoms with E-state index in [1.165, 1.54) is 5.56 Å². The van der Waals surface area contributed by atoms with Crippen molar-refractivity contribution in [3.8, 4) is 28.7 Å². The Morgan fingerprint density at radius 1 is 0.808 bits per heavy atom. The lowest BCUT2D eigenvalue weighted by Crippen LogP contribution is -2.51. The number of carbonyl (C=O) groups is 3. The first-order chi connectivity index (χ1) is 25.0. The molecule has 6 rings (SSSR count). The largest absolute Gasteiger partial charge is 0.497 e. The predicted molar refractivity (Wildman–Crippen MR) is 199 cm³/mol. The van der Waals surface area contributed by atoms with Crippen molar-refractivity contribution in [1.82, 2.24) is 10.2 Å². The summed E-state index contributed by atoms with van der Waals surface area (Å²) in [5, 5.41) is 13.1. The molecule has 0 bridgehead atoms. The van der Waals surface area contributed by atoms with Crippen molar-refractivity contribution in [1.29, 1.82) is 0 Å². The third kappa shape index (κ3) is 8.94. The van der Waals surface area contributed by atoms with E-state index in [2.05, 4.69) is 26.1 Å². The summed E-state index contributed by atoms with van der Waals surface area (Å²) in [6, 6.07) is 25.7. The number of fused-ring (bicyclic) bond motifs is 1. The molecular weight excluding hydrogens is 656 g/mol. The molecule has 2 atom stereocenters. The summed E-state index contributed by atoms with van der Waals surface area (Å²) in [5.74, 6) is 1.66. The maximum Gasteiger partial charge on any atom is 0.326 e. The second-order valence-electron chi connectivity index (χ2n) is 14.9. The van der Waals surface area contributed by atoms with E-state index >= 15 is 0 Å². The molecule has 2 N–H and O–H groups in total. The first-order valence-corrected chi connectivity index (χ1v) is 18.1. The van der Waals surface area contributed by atoms with Crippen LogP contribution in [0.1, 0.15) is 81.2 Å². The van der Waals surface area contributed by atoms with Crippen LogP contribution in [-0.2, 0) is 32.6 Å². The first kappa shape index (κ1) is 36.5. The van der Waals surface area contributed by atoms with E-state index in [4.69, 9.17) is 14.2 Å². The third-order valence-electron chi connectivity index (χ3n) is 10.1. The molecule has 0 radical (unpaired) electrons. The molecular formula is C43H48N2O7. The number of nitrogens with one attached hydrogen (secondary N) is 1. The van der Waals surface area contributed by atoms with E-state index in [0.29, 0.717) is 59.4 Å². The Labute approximate surface area is 305 Å². The summed E-state index contributed by atoms with van der Waals surface area (Å²) in [7, 11) is 1.60. The second kappa shape index (κ2) is 15.9. The summed E-state index contributed by atoms with van der Waals surface area (Å²) in [6.45, 7) is 6.84. The monoisotopic (exact) mass is 704 g/mol. The number of amides is 2. The number of rotatable bonds is 12. The number of carbonyl (C=O) groups excluding carboxylic acids is 2. The fraction of sp³-hybridized carbons (Fsp3) is 0.372. The van der Waals surface area contributed by atoms with Crippen LogP contribution in [0.15, 0.2) is 91.0 Å². The third-order valence-corrected chi connectivity index (χ3v) is 10.1. The van der Waals surface area contributed by atoms with Gasteiger partial charge < -0.3 is 29.5 Å². The molecule has 2 aliphatic rings. The average molecular weight is 705 g/mol. The molecule has 4 aromatic rings. The van der Waals surface area contributed by atoms with E-state index in [1.807, 2.05) is 42.5 Å². The Balaban J connectivity index is 1.22. The predicted octanol–water partition coefficient (Wildman–Crippen LogP) is 8.40. The summed E-state index contributed by atoms with van der Waals surface area (Å²) in [4.78, 5) is 42.3. The van der Waals surface area contributed by atoms with E-state index < -0.39 is 24.0 Å². The zero-order chi connectivity index (χ0) is 36.8. The highest BCUT2D eigenvalue weighted by molar-refractivity contribution is 5.92. The van der Waals surface area contributed by atoms with E-state index in [1.54, 1.807) is 60.5 Å². The number of hydrogen-bond donors (Lipinski definition) is 2. The van der Waals surface area contributed by atoms with Gasteiger partial charge in [-0.05, 0) is 114 Å². The van der Waals surface area contributed by atoms with Crippen LogP contribution in [0.25, 0.3) is 0 Å². The maximum absolute atomic E-state index is 14.3. The van der Waals surface area contributed by atoms with E-state index in [9.17, 15) is 19.5 Å². The molecule has 2 amide bonds. The molecule has 1 aliphatic heterocycles. The lowest BCUT2D eigenvalue weighted by atomic mass is 9.87. The van der Waals surface area contributed by atoms with Crippen LogP contribution in [0.4, 0.5) is 0 Å². The van der Waals surface area contributed by atoms with Crippen molar-refractivity contribution in [3.05, 3.63) is 113 Å². The number of nitrogens with zero attached hydrogens (tertiary/aromatic N) is 1. The van der Waals surface area contributed by atoms with Crippen LogP contribution in [0.5, 0.6) is 28.7 Å². The van der Waals surface area contributed by atoms with Crippen molar-refractivity contribution >= 4 is 17.8 Å². The van der Waals surface area contributed by atoms with Crippen LogP contribution in [0.2, 0.25) is 0 Å². The Hall–Kier alpha value is -5.31. The fourth-order valence-corrected chi connectivity index (χ4v) is 7.11. The summed E-state index contributed by atoms with van der Waals surface area (Å²) < 4.78 is 17.4. The van der Waals surface area contributed by atoms with Crippen LogP contribution in [0, 0.1) is 5.92 Å². The minimum atomic E-state index is -1.22. The number of carboxylic acid groups (broad SMARTS) is 1. The lowest BCUT2D eigenvalue weighted by molar-refractivity contribution is -0.145. The molecule has 1 fully saturated rings. The van der Waals surface area contributed by atoms with Gasteiger partial charge in [0.2, 0.25) is 11.8 Å². The smallest absolute Gasteiger partial charge is 0.326 e. The number of aliphatic carboxylic acids is 1. The molecule has 0 aromatic heterocycles. The van der Waals surface area contributed by atoms with Crippen LogP contribution in [0.3, 0.4) is 0 Å². The molecule has 9 heteroatoms. The molecule has 0 spiro atoms. The molecule has 52 heavy (non-hydrogen) atoms. The van der Waals surface area contributed by atoms with E-state index in [0.717, 1.165) is 37.0 Å². The highest BCUT2D eigenvalue weighted by atomic mass is 16.5. The summed E-state index contributed by atoms with van der Waals surface area (Å²) in [6.07, 6.45) is 5.24. The Morgan fingerprint density at radius 3 is 1.96 bits per heavy atom. The zero-order valence-corrected chi connectivity index (χ0v) is 30.4. The molecule has 4 aromatic carbocycles. The van der Waals surface area contributed by atoms with Gasteiger partial charge >= 0.3 is 5.97 Å². The van der Waals surface area contributed by atoms with Crippen molar-refractivity contribution in [2.75, 3.05) is 13.7 Å². The van der Waals surface area contributed by atoms with Gasteiger partial charge in [0.1, 0.15) is 40.8 Å². The number of benzene rings is 4. The number of hydrogen-bond acceptors (Lipinski definition) is 6. The van der Waals surface area contributed by atoms with Crippen molar-refractivity contribution in [2.24, 2.45) is 5.92 Å². The SMILES string of the molecule is COc1ccc(Oc2ccc(C[C@H](NC(=O)C3c4cc(Oc5ccc(C(C)(C)C)cc5)ccc4CCN3C(=O)CC3CCCC3)C(=O)O)cc2)cc1. The van der Waals surface area contributed by atoms with Gasteiger partial charge in [-0.15, -0.1) is 0 Å². The van der Waals surface area contributed by atoms with Crippen molar-refractivity contribution < 1.29 is 33.7 Å². The molecule has 272 valence electrons. The molecule has 1 heterocycles. The van der Waals surface area contributed by atoms with Gasteiger partial charge in [-0.1, -0.05) is 63.9 Å². The topological polar surface area (TPSA) is 114 Å². The van der Waals surface area contributed by atoms with Gasteiger partial charge in [0.15, 0.2) is 0 Å². The van der Waals surface area contributed by atoms with Gasteiger partial charge in [0.05, 0.1) is 7.11 Å². The van der Waals surface area contributed by atoms with Gasteiger partial charge in [0.25, 0.3) is 0 Å². The normalized spacial score (nSPS) is 16.5. The minimum absolute atomic E-state index is 0.00294. The molecule has 9 nitrogen and oxygen atoms in total. The van der Waals surface area contributed by atoms with Gasteiger partial charge in [-0.3, -0.25) is 9.59 Å². The first-order valence-electron chi connectivity index (χ1n) is 18.1. The Morgan fingerprint density at radius 2 is 1.37 bits per heavy atom. The molecule has 1 aliphatic carbocycles. The van der Waals surface area contributed by atoms with Crippen LogP contribution >= 0.6 is 0 Å². The average Bonchev–Trinajstić information content (AvgIpc) is 3.64. The van der Waals surface area contributed by atoms with Crippen molar-refractivity contribution in [3.63, 3.8) is 0 Å². The van der Waals surface area contributed by atoms with Crippen LogP contribution < -0.4 is 19.5 Å². The quantitative estimate of drug-likeness (QED) is 0.152. The highest BCUT2D eigenvalue weighted by Gasteiger charge is 2.38. The molecule has 1 saturated carbocycles. The second-order valence-corrected chi connectivity index (χ2v) is 14.9. The Bertz CT molecular complexity index is 1860. The van der Waals surface area contributed by atoms with Gasteiger partial charge in [-0.2, -0.15) is 0 Å². The number of ether oxygens (including phenoxy) is 3. The van der Waals surface area contributed by atoms with Gasteiger partial charge in [-0.25, -0.2) is 4.79 Å². The fourth-order valence-electron chi connectivity index (χ4n) is 7.11. The Kier molecular flexibility index (Phi) is 11.2. The summed E-state index contributed by atoms with van der Waals surface area (Å²) in [5.41, 5.74) is 3.48. The standard InChI is InChI=1S/C43H48N2O7/c1-43(2,3)31-12-17-34(18-13-31)52-36-16-11-30-23-24-45(39(46)26-28-7-5-6-8-28)40(37(30)27-36)41(47)44-38(42(48)49)25-29-9-14-33(15-10-29)51-35-21-19-32(50-4)20-22-35/h9-22,27-28,38,40H,5-8,23-26H2,1-4H3,(H,44,47)(H,48,49)/t38-,40?/m0/s1. The molecule has 1 unspecified atom stereocenters. The minimum Gasteiger partial charge on any atom is -0.497 e.